The van der Waals surface area contributed by atoms with Gasteiger partial charge in [0.05, 0.1) is 0 Å². The Morgan fingerprint density at radius 2 is 1.00 bits per heavy atom. The minimum Gasteiger partial charge on any atom is -0.309 e. The van der Waals surface area contributed by atoms with Gasteiger partial charge in [-0.15, -0.1) is 0 Å². The molecule has 0 aromatic heterocycles. The van der Waals surface area contributed by atoms with Gasteiger partial charge >= 0.3 is 0 Å². The molecule has 0 aliphatic rings. The average Bonchev–Trinajstić information content (AvgIpc) is 2.88. The molecule has 0 aliphatic heterocycles. The van der Waals surface area contributed by atoms with Crippen molar-refractivity contribution in [3.63, 3.8) is 0 Å². The van der Waals surface area contributed by atoms with E-state index in [0.29, 0.717) is 0 Å². The second-order valence-corrected chi connectivity index (χ2v) is 10.4. The van der Waals surface area contributed by atoms with Gasteiger partial charge in [-0.25, -0.2) is 0 Å². The van der Waals surface area contributed by atoms with E-state index in [1.807, 2.05) is 84.7 Å². The molecule has 0 atom stereocenters. The smallest absolute Gasteiger partial charge is 0.164 e. The lowest BCUT2D eigenvalue weighted by atomic mass is 9.97. The maximum Gasteiger partial charge on any atom is 0.164 e. The van der Waals surface area contributed by atoms with E-state index in [0.717, 1.165) is 27.3 Å². The molecule has 5 rings (SSSR count). The first-order valence-corrected chi connectivity index (χ1v) is 12.5. The molecule has 2 heteroatoms. The third kappa shape index (κ3) is 3.96. The van der Waals surface area contributed by atoms with Gasteiger partial charge in [0.25, 0.3) is 0 Å². The molecule has 0 bridgehead atoms. The summed E-state index contributed by atoms with van der Waals surface area (Å²) in [4.78, 5) is 0. The highest BCUT2D eigenvalue weighted by molar-refractivity contribution is 7.81. The molecule has 0 N–H and O–H groups in total. The molecule has 154 valence electrons. The molecule has 0 aliphatic carbocycles. The molecule has 0 saturated carbocycles. The summed E-state index contributed by atoms with van der Waals surface area (Å²) < 4.78 is 14.8. The molecule has 0 heterocycles. The topological polar surface area (TPSA) is 17.1 Å². The Morgan fingerprint density at radius 3 is 1.59 bits per heavy atom. The van der Waals surface area contributed by atoms with Crippen molar-refractivity contribution in [2.24, 2.45) is 0 Å². The van der Waals surface area contributed by atoms with Crippen LogP contribution in [0.2, 0.25) is 0 Å². The summed E-state index contributed by atoms with van der Waals surface area (Å²) in [6.45, 7) is 0. The number of benzene rings is 5. The van der Waals surface area contributed by atoms with E-state index < -0.39 is 7.14 Å². The Labute approximate surface area is 189 Å². The van der Waals surface area contributed by atoms with Crippen molar-refractivity contribution >= 4 is 34.1 Å². The Morgan fingerprint density at radius 1 is 0.500 bits per heavy atom. The molecule has 0 saturated heterocycles. The Balaban J connectivity index is 1.79. The van der Waals surface area contributed by atoms with Crippen LogP contribution in [-0.2, 0) is 4.57 Å². The van der Waals surface area contributed by atoms with Crippen LogP contribution in [0.25, 0.3) is 16.3 Å². The van der Waals surface area contributed by atoms with Gasteiger partial charge in [0.1, 0.15) is 0 Å². The minimum atomic E-state index is -3.03. The van der Waals surface area contributed by atoms with Gasteiger partial charge in [0.2, 0.25) is 0 Å². The van der Waals surface area contributed by atoms with Gasteiger partial charge in [0, 0.05) is 10.6 Å². The monoisotopic (exact) mass is 430 g/mol. The normalized spacial score (nSPS) is 12.1. The standard InChI is InChI=1S/C30H23OP/c31-32(28-16-6-2-7-17-28,29-18-8-3-9-19-29)23-30(25-13-4-1-5-14-25)27-21-20-24-12-10-11-15-26(24)22-27/h1-23H/b30-23-. The number of fused-ring (bicyclic) bond motifs is 1. The fourth-order valence-electron chi connectivity index (χ4n) is 4.07. The first-order valence-electron chi connectivity index (χ1n) is 10.7. The average molecular weight is 430 g/mol. The van der Waals surface area contributed by atoms with E-state index in [-0.39, 0.29) is 0 Å². The molecular weight excluding hydrogens is 407 g/mol. The van der Waals surface area contributed by atoms with Gasteiger partial charge < -0.3 is 4.57 Å². The number of rotatable bonds is 5. The van der Waals surface area contributed by atoms with Crippen LogP contribution in [0.15, 0.2) is 139 Å². The Bertz CT molecular complexity index is 1380. The fraction of sp³-hybridized carbons (Fsp3) is 0. The third-order valence-corrected chi connectivity index (χ3v) is 8.49. The highest BCUT2D eigenvalue weighted by Crippen LogP contribution is 2.48. The highest BCUT2D eigenvalue weighted by atomic mass is 31.2. The van der Waals surface area contributed by atoms with E-state index in [1.54, 1.807) is 0 Å². The van der Waals surface area contributed by atoms with E-state index in [9.17, 15) is 4.57 Å². The van der Waals surface area contributed by atoms with Crippen LogP contribution in [0.3, 0.4) is 0 Å². The molecule has 1 nitrogen and oxygen atoms in total. The van der Waals surface area contributed by atoms with Crippen molar-refractivity contribution in [3.8, 4) is 0 Å². The van der Waals surface area contributed by atoms with Gasteiger partial charge in [-0.3, -0.25) is 0 Å². The fourth-order valence-corrected chi connectivity index (χ4v) is 6.56. The van der Waals surface area contributed by atoms with Crippen LogP contribution < -0.4 is 10.6 Å². The Hall–Kier alpha value is -3.67. The molecule has 0 spiro atoms. The van der Waals surface area contributed by atoms with Crippen LogP contribution in [0.4, 0.5) is 0 Å². The summed E-state index contributed by atoms with van der Waals surface area (Å²) >= 11 is 0. The zero-order valence-electron chi connectivity index (χ0n) is 17.6. The second kappa shape index (κ2) is 8.83. The SMILES string of the molecule is O=P(/C=C(/c1ccccc1)c1ccc2ccccc2c1)(c1ccccc1)c1ccccc1. The van der Waals surface area contributed by atoms with Crippen molar-refractivity contribution in [2.75, 3.05) is 0 Å². The molecule has 5 aromatic rings. The lowest BCUT2D eigenvalue weighted by Gasteiger charge is -2.19. The summed E-state index contributed by atoms with van der Waals surface area (Å²) in [5.41, 5.74) is 3.09. The minimum absolute atomic E-state index is 0.834. The van der Waals surface area contributed by atoms with Crippen molar-refractivity contribution in [3.05, 3.63) is 150 Å². The van der Waals surface area contributed by atoms with E-state index >= 15 is 0 Å². The summed E-state index contributed by atoms with van der Waals surface area (Å²) in [7, 11) is -3.03. The molecule has 0 radical (unpaired) electrons. The van der Waals surface area contributed by atoms with Crippen molar-refractivity contribution in [2.45, 2.75) is 0 Å². The largest absolute Gasteiger partial charge is 0.309 e. The first kappa shape index (κ1) is 20.2. The van der Waals surface area contributed by atoms with Gasteiger partial charge in [0.15, 0.2) is 7.14 Å². The van der Waals surface area contributed by atoms with Crippen molar-refractivity contribution in [1.82, 2.24) is 0 Å². The quantitative estimate of drug-likeness (QED) is 0.269. The molecule has 0 fully saturated rings. The summed E-state index contributed by atoms with van der Waals surface area (Å²) in [6, 6.07) is 44.6. The summed E-state index contributed by atoms with van der Waals surface area (Å²) in [5.74, 6) is 2.00. The summed E-state index contributed by atoms with van der Waals surface area (Å²) in [5, 5.41) is 4.03. The van der Waals surface area contributed by atoms with Gasteiger partial charge in [-0.2, -0.15) is 0 Å². The van der Waals surface area contributed by atoms with E-state index in [2.05, 4.69) is 54.6 Å². The maximum atomic E-state index is 14.8. The highest BCUT2D eigenvalue weighted by Gasteiger charge is 2.26. The number of hydrogen-bond donors (Lipinski definition) is 0. The molecule has 0 amide bonds. The number of hydrogen-bond acceptors (Lipinski definition) is 1. The molecule has 5 aromatic carbocycles. The predicted molar refractivity (Wildman–Crippen MR) is 137 cm³/mol. The predicted octanol–water partition coefficient (Wildman–Crippen LogP) is 7.24. The lowest BCUT2D eigenvalue weighted by Crippen LogP contribution is -2.14. The maximum absolute atomic E-state index is 14.8. The molecule has 32 heavy (non-hydrogen) atoms. The van der Waals surface area contributed by atoms with Crippen LogP contribution in [-0.4, -0.2) is 0 Å². The Kier molecular flexibility index (Phi) is 5.58. The summed E-state index contributed by atoms with van der Waals surface area (Å²) in [6.07, 6.45) is 0. The molecular formula is C30H23OP. The van der Waals surface area contributed by atoms with Crippen LogP contribution in [0.1, 0.15) is 11.1 Å². The van der Waals surface area contributed by atoms with Gasteiger partial charge in [-0.1, -0.05) is 127 Å². The van der Waals surface area contributed by atoms with Crippen LogP contribution in [0.5, 0.6) is 0 Å². The molecule has 0 unspecified atom stereocenters. The van der Waals surface area contributed by atoms with E-state index in [4.69, 9.17) is 0 Å². The van der Waals surface area contributed by atoms with E-state index in [1.165, 1.54) is 10.8 Å². The lowest BCUT2D eigenvalue weighted by molar-refractivity contribution is 0.592. The third-order valence-electron chi connectivity index (χ3n) is 5.74. The van der Waals surface area contributed by atoms with Crippen molar-refractivity contribution < 1.29 is 4.57 Å². The van der Waals surface area contributed by atoms with Gasteiger partial charge in [-0.05, 0) is 39.4 Å². The second-order valence-electron chi connectivity index (χ2n) is 7.80. The van der Waals surface area contributed by atoms with Crippen LogP contribution in [0, 0.1) is 0 Å². The van der Waals surface area contributed by atoms with Crippen molar-refractivity contribution in [1.29, 1.82) is 0 Å². The zero-order chi connectivity index (χ0) is 21.8. The first-order chi connectivity index (χ1) is 15.7. The zero-order valence-corrected chi connectivity index (χ0v) is 18.5. The van der Waals surface area contributed by atoms with Crippen LogP contribution >= 0.6 is 7.14 Å².